The molecular formula is C16H19N3O4S. The lowest BCUT2D eigenvalue weighted by atomic mass is 10.1. The molecule has 0 unspecified atom stereocenters. The summed E-state index contributed by atoms with van der Waals surface area (Å²) < 4.78 is 32.5. The molecule has 0 saturated carbocycles. The van der Waals surface area contributed by atoms with Gasteiger partial charge >= 0.3 is 0 Å². The van der Waals surface area contributed by atoms with Gasteiger partial charge in [-0.15, -0.1) is 0 Å². The van der Waals surface area contributed by atoms with Crippen LogP contribution in [0.2, 0.25) is 0 Å². The Kier molecular flexibility index (Phi) is 4.99. The average molecular weight is 349 g/mol. The Morgan fingerprint density at radius 1 is 1.29 bits per heavy atom. The topological polar surface area (TPSA) is 89.4 Å². The zero-order chi connectivity index (χ0) is 17.9. The second-order valence-electron chi connectivity index (χ2n) is 5.04. The lowest BCUT2D eigenvalue weighted by molar-refractivity contribution is 0.416. The third kappa shape index (κ3) is 3.60. The number of nitrogens with one attached hydrogen (secondary N) is 2. The van der Waals surface area contributed by atoms with Crippen molar-refractivity contribution < 1.29 is 13.2 Å². The van der Waals surface area contributed by atoms with Gasteiger partial charge < -0.3 is 14.6 Å². The summed E-state index contributed by atoms with van der Waals surface area (Å²) in [6, 6.07) is 6.57. The predicted molar refractivity (Wildman–Crippen MR) is 96.0 cm³/mol. The zero-order valence-electron chi connectivity index (χ0n) is 13.7. The second kappa shape index (κ2) is 6.79. The minimum absolute atomic E-state index is 0.163. The van der Waals surface area contributed by atoms with Gasteiger partial charge in [0.05, 0.1) is 7.11 Å². The lowest BCUT2D eigenvalue weighted by Crippen LogP contribution is -2.19. The Morgan fingerprint density at radius 2 is 2.00 bits per heavy atom. The van der Waals surface area contributed by atoms with Crippen LogP contribution in [-0.2, 0) is 17.1 Å². The molecule has 0 aliphatic rings. The normalized spacial score (nSPS) is 11.0. The van der Waals surface area contributed by atoms with E-state index in [-0.39, 0.29) is 5.56 Å². The molecule has 1 heterocycles. The second-order valence-corrected chi connectivity index (χ2v) is 6.66. The molecule has 2 N–H and O–H groups in total. The van der Waals surface area contributed by atoms with Gasteiger partial charge in [-0.2, -0.15) is 0 Å². The van der Waals surface area contributed by atoms with E-state index in [1.165, 1.54) is 11.7 Å². The van der Waals surface area contributed by atoms with Crippen LogP contribution >= 0.6 is 0 Å². The third-order valence-electron chi connectivity index (χ3n) is 3.44. The summed E-state index contributed by atoms with van der Waals surface area (Å²) in [4.78, 5) is 12.0. The van der Waals surface area contributed by atoms with E-state index in [4.69, 9.17) is 4.74 Å². The van der Waals surface area contributed by atoms with Crippen molar-refractivity contribution in [1.29, 1.82) is 0 Å². The van der Waals surface area contributed by atoms with E-state index in [0.717, 1.165) is 5.41 Å². The van der Waals surface area contributed by atoms with Crippen LogP contribution < -0.4 is 20.3 Å². The highest BCUT2D eigenvalue weighted by Crippen LogP contribution is 2.33. The smallest absolute Gasteiger partial charge is 0.273 e. The number of hydrogen-bond acceptors (Lipinski definition) is 5. The summed E-state index contributed by atoms with van der Waals surface area (Å²) in [5, 5.41) is 3.68. The summed E-state index contributed by atoms with van der Waals surface area (Å²) in [6.45, 7) is 3.27. The number of aromatic nitrogens is 1. The van der Waals surface area contributed by atoms with Crippen molar-refractivity contribution in [3.05, 3.63) is 52.8 Å². The van der Waals surface area contributed by atoms with E-state index >= 15 is 0 Å². The van der Waals surface area contributed by atoms with Gasteiger partial charge in [0.1, 0.15) is 11.4 Å². The third-order valence-corrected chi connectivity index (χ3v) is 4.40. The molecule has 2 rings (SSSR count). The van der Waals surface area contributed by atoms with Crippen LogP contribution in [0, 0.1) is 0 Å². The van der Waals surface area contributed by atoms with Gasteiger partial charge in [-0.3, -0.25) is 9.52 Å². The molecule has 128 valence electrons. The molecule has 0 atom stereocenters. The van der Waals surface area contributed by atoms with E-state index in [1.807, 2.05) is 0 Å². The molecule has 0 amide bonds. The van der Waals surface area contributed by atoms with Crippen LogP contribution in [-0.4, -0.2) is 27.1 Å². The monoisotopic (exact) mass is 349 g/mol. The number of methoxy groups -OCH3 is 1. The molecule has 0 radical (unpaired) electrons. The number of aryl methyl sites for hydroxylation is 1. The largest absolute Gasteiger partial charge is 0.496 e. The van der Waals surface area contributed by atoms with Gasteiger partial charge in [0, 0.05) is 42.5 Å². The van der Waals surface area contributed by atoms with E-state index < -0.39 is 10.0 Å². The molecule has 0 aliphatic carbocycles. The van der Waals surface area contributed by atoms with Gasteiger partial charge in [0.25, 0.3) is 15.6 Å². The number of pyridine rings is 1. The predicted octanol–water partition coefficient (Wildman–Crippen LogP) is 1.99. The average Bonchev–Trinajstić information content (AvgIpc) is 2.56. The summed E-state index contributed by atoms with van der Waals surface area (Å²) in [5.41, 5.74) is 1.98. The molecular weight excluding hydrogens is 330 g/mol. The van der Waals surface area contributed by atoms with Gasteiger partial charge in [0.15, 0.2) is 0 Å². The Morgan fingerprint density at radius 3 is 2.58 bits per heavy atom. The Balaban J connectivity index is 2.62. The van der Waals surface area contributed by atoms with Crippen LogP contribution in [0.4, 0.5) is 11.4 Å². The molecule has 0 aliphatic heterocycles. The lowest BCUT2D eigenvalue weighted by Gasteiger charge is -2.14. The summed E-state index contributed by atoms with van der Waals surface area (Å²) in [6.07, 6.45) is 1.66. The standard InChI is InChI=1S/C16H19N3O4S/c1-5-24(21,22)18-12-6-7-15(23-4)13(9-12)11-8-14(17-2)16(20)19(3)10-11/h5-10,17-18H,1H2,2-4H3. The van der Waals surface area contributed by atoms with Crippen LogP contribution in [0.5, 0.6) is 5.75 Å². The number of benzene rings is 1. The molecule has 0 bridgehead atoms. The first-order valence-electron chi connectivity index (χ1n) is 7.03. The minimum atomic E-state index is -3.61. The number of nitrogens with zero attached hydrogens (tertiary/aromatic N) is 1. The maximum absolute atomic E-state index is 12.0. The number of anilines is 2. The van der Waals surface area contributed by atoms with Gasteiger partial charge in [-0.05, 0) is 24.3 Å². The van der Waals surface area contributed by atoms with E-state index in [9.17, 15) is 13.2 Å². The molecule has 7 nitrogen and oxygen atoms in total. The number of hydrogen-bond donors (Lipinski definition) is 2. The number of rotatable bonds is 6. The number of ether oxygens (including phenoxy) is 1. The van der Waals surface area contributed by atoms with Crippen molar-refractivity contribution >= 4 is 21.4 Å². The summed E-state index contributed by atoms with van der Waals surface area (Å²) >= 11 is 0. The zero-order valence-corrected chi connectivity index (χ0v) is 14.5. The van der Waals surface area contributed by atoms with Crippen molar-refractivity contribution in [3.8, 4) is 16.9 Å². The van der Waals surface area contributed by atoms with Crippen LogP contribution in [0.1, 0.15) is 0 Å². The first kappa shape index (κ1) is 17.6. The Bertz CT molecular complexity index is 933. The molecule has 0 fully saturated rings. The summed E-state index contributed by atoms with van der Waals surface area (Å²) in [5.74, 6) is 0.553. The maximum atomic E-state index is 12.0. The quantitative estimate of drug-likeness (QED) is 0.832. The molecule has 1 aromatic heterocycles. The van der Waals surface area contributed by atoms with Gasteiger partial charge in [-0.1, -0.05) is 6.58 Å². The SMILES string of the molecule is C=CS(=O)(=O)Nc1ccc(OC)c(-c2cc(NC)c(=O)n(C)c2)c1. The Labute approximate surface area is 140 Å². The fourth-order valence-corrected chi connectivity index (χ4v) is 2.78. The summed E-state index contributed by atoms with van der Waals surface area (Å²) in [7, 11) is 1.21. The van der Waals surface area contributed by atoms with Crippen LogP contribution in [0.15, 0.2) is 47.2 Å². The number of sulfonamides is 1. The van der Waals surface area contributed by atoms with Crippen molar-refractivity contribution in [2.45, 2.75) is 0 Å². The van der Waals surface area contributed by atoms with Crippen molar-refractivity contribution in [1.82, 2.24) is 4.57 Å². The van der Waals surface area contributed by atoms with Crippen molar-refractivity contribution in [2.75, 3.05) is 24.2 Å². The molecule has 2 aromatic rings. The molecule has 1 aromatic carbocycles. The van der Waals surface area contributed by atoms with E-state index in [2.05, 4.69) is 16.6 Å². The molecule has 0 saturated heterocycles. The highest BCUT2D eigenvalue weighted by atomic mass is 32.2. The highest BCUT2D eigenvalue weighted by Gasteiger charge is 2.13. The van der Waals surface area contributed by atoms with E-state index in [0.29, 0.717) is 28.3 Å². The Hall–Kier alpha value is -2.74. The molecule has 24 heavy (non-hydrogen) atoms. The van der Waals surface area contributed by atoms with Crippen molar-refractivity contribution in [2.24, 2.45) is 7.05 Å². The fourth-order valence-electron chi connectivity index (χ4n) is 2.24. The first-order valence-corrected chi connectivity index (χ1v) is 8.58. The highest BCUT2D eigenvalue weighted by molar-refractivity contribution is 7.95. The van der Waals surface area contributed by atoms with Crippen LogP contribution in [0.3, 0.4) is 0 Å². The van der Waals surface area contributed by atoms with Gasteiger partial charge in [-0.25, -0.2) is 8.42 Å². The molecule has 0 spiro atoms. The fraction of sp³-hybridized carbons (Fsp3) is 0.188. The van der Waals surface area contributed by atoms with Gasteiger partial charge in [0.2, 0.25) is 0 Å². The first-order chi connectivity index (χ1) is 11.3. The minimum Gasteiger partial charge on any atom is -0.496 e. The molecule has 8 heteroatoms. The maximum Gasteiger partial charge on any atom is 0.273 e. The van der Waals surface area contributed by atoms with E-state index in [1.54, 1.807) is 44.6 Å². The van der Waals surface area contributed by atoms with Crippen molar-refractivity contribution in [3.63, 3.8) is 0 Å². The van der Waals surface area contributed by atoms with Crippen LogP contribution in [0.25, 0.3) is 11.1 Å².